The van der Waals surface area contributed by atoms with E-state index in [1.54, 1.807) is 6.07 Å². The lowest BCUT2D eigenvalue weighted by Gasteiger charge is -2.22. The summed E-state index contributed by atoms with van der Waals surface area (Å²) in [5.41, 5.74) is 4.15. The van der Waals surface area contributed by atoms with Crippen LogP contribution >= 0.6 is 15.6 Å². The van der Waals surface area contributed by atoms with E-state index in [1.165, 1.54) is 77.6 Å². The number of aromatic nitrogens is 4. The average molecular weight is 1420 g/mol. The van der Waals surface area contributed by atoms with Crippen molar-refractivity contribution >= 4 is 56.3 Å². The molecule has 8 atom stereocenters. The van der Waals surface area contributed by atoms with Crippen molar-refractivity contribution in [3.63, 3.8) is 0 Å². The molecule has 534 valence electrons. The van der Waals surface area contributed by atoms with Gasteiger partial charge in [-0.15, -0.1) is 0 Å². The second-order valence-corrected chi connectivity index (χ2v) is 25.4. The number of phenols is 1. The second kappa shape index (κ2) is 37.5. The van der Waals surface area contributed by atoms with Gasteiger partial charge >= 0.3 is 33.0 Å². The van der Waals surface area contributed by atoms with E-state index in [0.717, 1.165) is 24.9 Å². The van der Waals surface area contributed by atoms with Crippen molar-refractivity contribution in [2.45, 2.75) is 75.4 Å². The topological polar surface area (TPSA) is 456 Å². The van der Waals surface area contributed by atoms with E-state index < -0.39 is 93.8 Å². The summed E-state index contributed by atoms with van der Waals surface area (Å²) in [6, 6.07) is 14.1. The monoisotopic (exact) mass is 1420 g/mol. The molecular weight excluding hydrogens is 1340 g/mol. The van der Waals surface area contributed by atoms with Crippen molar-refractivity contribution in [3.05, 3.63) is 137 Å². The number of phenolic OH excluding ortho intramolecular Hbond substituents is 1. The summed E-state index contributed by atoms with van der Waals surface area (Å²) in [4.78, 5) is 94.6. The summed E-state index contributed by atoms with van der Waals surface area (Å²) in [6.07, 6.45) is 1.24. The zero-order valence-corrected chi connectivity index (χ0v) is 55.4. The Bertz CT molecular complexity index is 3990. The van der Waals surface area contributed by atoms with Crippen LogP contribution in [0.4, 0.5) is 5.82 Å². The van der Waals surface area contributed by atoms with Crippen LogP contribution in [0, 0.1) is 0 Å². The third kappa shape index (κ3) is 21.9. The first kappa shape index (κ1) is 76.1. The second-order valence-electron chi connectivity index (χ2n) is 21.9. The lowest BCUT2D eigenvalue weighted by atomic mass is 9.89. The lowest BCUT2D eigenvalue weighted by Crippen LogP contribution is -2.33. The van der Waals surface area contributed by atoms with E-state index in [1.807, 2.05) is 0 Å². The average Bonchev–Trinajstić information content (AvgIpc) is 0.954. The van der Waals surface area contributed by atoms with E-state index in [-0.39, 0.29) is 156 Å². The van der Waals surface area contributed by atoms with Gasteiger partial charge < -0.3 is 74.4 Å². The summed E-state index contributed by atoms with van der Waals surface area (Å²) >= 11 is 0. The number of aliphatic hydroxyl groups excluding tert-OH is 2. The first-order valence-corrected chi connectivity index (χ1v) is 34.1. The normalized spacial score (nSPS) is 19.1. The fraction of sp³-hybridized carbons (Fsp3) is 0.484. The van der Waals surface area contributed by atoms with Crippen molar-refractivity contribution < 1.29 is 109 Å². The van der Waals surface area contributed by atoms with Crippen molar-refractivity contribution in [1.82, 2.24) is 29.7 Å². The number of phosphoric acid groups is 2. The van der Waals surface area contributed by atoms with Gasteiger partial charge in [0.05, 0.1) is 110 Å². The zero-order chi connectivity index (χ0) is 70.2. The van der Waals surface area contributed by atoms with Crippen LogP contribution in [0.25, 0.3) is 39.5 Å². The molecule has 36 heteroatoms. The predicted molar refractivity (Wildman–Crippen MR) is 346 cm³/mol. The minimum absolute atomic E-state index is 0.0290. The Labute approximate surface area is 559 Å². The van der Waals surface area contributed by atoms with Crippen molar-refractivity contribution in [2.75, 3.05) is 126 Å². The molecule has 4 aliphatic rings. The number of nitrogens with zero attached hydrogens (tertiary/aromatic N) is 3. The van der Waals surface area contributed by atoms with Crippen molar-refractivity contribution in [1.29, 1.82) is 0 Å². The quantitative estimate of drug-likeness (QED) is 0.0117. The number of aliphatic hydroxyl groups is 2. The van der Waals surface area contributed by atoms with Crippen LogP contribution in [0.2, 0.25) is 0 Å². The minimum Gasteiger partial charge on any atom is -0.508 e. The molecule has 2 amide bonds. The van der Waals surface area contributed by atoms with Crippen LogP contribution in [0.3, 0.4) is 0 Å². The fourth-order valence-electron chi connectivity index (χ4n) is 10.2. The minimum atomic E-state index is -4.26. The van der Waals surface area contributed by atoms with Crippen LogP contribution in [0.5, 0.6) is 5.75 Å². The smallest absolute Gasteiger partial charge is 0.474 e. The molecule has 2 aromatic carbocycles. The van der Waals surface area contributed by atoms with E-state index in [4.69, 9.17) is 70.5 Å². The van der Waals surface area contributed by atoms with Crippen LogP contribution in [-0.4, -0.2) is 202 Å². The number of unbranched alkanes of at least 4 members (excludes halogenated alkanes) is 3. The number of nitrogen functional groups attached to an aromatic ring is 1. The Morgan fingerprint density at radius 1 is 0.724 bits per heavy atom. The molecule has 8 rings (SSSR count). The third-order valence-electron chi connectivity index (χ3n) is 15.1. The number of hydrogen-bond donors (Lipinski definition) is 8. The molecule has 0 radical (unpaired) electrons. The first-order valence-electron chi connectivity index (χ1n) is 31.1. The number of nitrogens with one attached hydrogen (secondary N) is 3. The standard InChI is InChI=1S/C62H79N7O27P2/c1-83-97(81,92-38-52-47(73)34-55(95-52)68-18-15-53(63)66-61(68)79)90-29-27-88-25-23-86-21-19-85-20-22-87-24-26-89-28-30-91-98(82,84-2)96-50-35-56(94-51(50)37-70)69-36-40(59(76)67-62(69)80)8-14-54(74)64-16-5-3-4-6-17-65-58(75)39-7-11-43(60(77)78)46(31-39)57-44-12-9-41(71)32-48(44)93-49-33-42(72)10-13-45(49)57/h7-15,18,31-33,36,47,50-52,55-56,70-71,73H,3-6,16-17,19-30,34-35,37-38H2,1-2H3,(H,64,74)(H,65,75)(H,77,78)(H2,63,66,79)(H,67,76,80)/b14-8+/t47-,50-,51-,52-,55-,56-,97?,98?/m1/s1. The molecule has 9 N–H and O–H groups in total. The predicted octanol–water partition coefficient (Wildman–Crippen LogP) is 3.73. The summed E-state index contributed by atoms with van der Waals surface area (Å²) in [5.74, 6) is -2.11. The molecular formula is C62H79N7O27P2. The molecule has 3 aliphatic heterocycles. The maximum Gasteiger partial charge on any atom is 0.474 e. The summed E-state index contributed by atoms with van der Waals surface area (Å²) in [7, 11) is -6.04. The number of rotatable bonds is 42. The number of carbonyl (C=O) groups is 3. The first-order chi connectivity index (χ1) is 47.2. The van der Waals surface area contributed by atoms with E-state index >= 15 is 0 Å². The Hall–Kier alpha value is -7.70. The summed E-state index contributed by atoms with van der Waals surface area (Å²) in [6.45, 7) is 1.16. The zero-order valence-electron chi connectivity index (χ0n) is 53.6. The Morgan fingerprint density at radius 3 is 1.98 bits per heavy atom. The number of benzene rings is 3. The van der Waals surface area contributed by atoms with Gasteiger partial charge in [0.25, 0.3) is 11.5 Å². The van der Waals surface area contributed by atoms with Gasteiger partial charge in [-0.25, -0.2) is 23.5 Å². The van der Waals surface area contributed by atoms with Gasteiger partial charge in [0.1, 0.15) is 53.7 Å². The molecule has 2 unspecified atom stereocenters. The molecule has 0 spiro atoms. The Balaban J connectivity index is 0.645. The van der Waals surface area contributed by atoms with Crippen molar-refractivity contribution in [3.8, 4) is 28.2 Å². The van der Waals surface area contributed by atoms with Gasteiger partial charge in [-0.05, 0) is 73.0 Å². The number of fused-ring (bicyclic) bond motifs is 2. The number of aromatic hydroxyl groups is 1. The summed E-state index contributed by atoms with van der Waals surface area (Å²) in [5, 5.41) is 46.9. The number of aromatic amines is 1. The lowest BCUT2D eigenvalue weighted by molar-refractivity contribution is -0.116. The molecule has 2 aromatic heterocycles. The van der Waals surface area contributed by atoms with Crippen molar-refractivity contribution in [2.24, 2.45) is 0 Å². The number of H-pyrrole nitrogens is 1. The van der Waals surface area contributed by atoms with Crippen LogP contribution in [-0.2, 0) is 74.2 Å². The molecule has 98 heavy (non-hydrogen) atoms. The highest BCUT2D eigenvalue weighted by Crippen LogP contribution is 2.53. The number of aromatic carboxylic acids is 1. The fourth-order valence-corrected chi connectivity index (χ4v) is 12.2. The largest absolute Gasteiger partial charge is 0.508 e. The molecule has 34 nitrogen and oxygen atoms in total. The number of nitrogens with two attached hydrogens (primary N) is 1. The number of amides is 2. The highest BCUT2D eigenvalue weighted by atomic mass is 31.2. The van der Waals surface area contributed by atoms with Gasteiger partial charge in [-0.2, -0.15) is 4.98 Å². The number of ether oxygens (including phenoxy) is 7. The molecule has 0 bridgehead atoms. The van der Waals surface area contributed by atoms with Crippen LogP contribution in [0.15, 0.2) is 103 Å². The highest BCUT2D eigenvalue weighted by molar-refractivity contribution is 7.48. The number of carboxylic acid groups (broad SMARTS) is 1. The Morgan fingerprint density at radius 2 is 1.35 bits per heavy atom. The number of hydrogen-bond acceptors (Lipinski definition) is 28. The molecule has 2 saturated heterocycles. The third-order valence-corrected chi connectivity index (χ3v) is 18.0. The van der Waals surface area contributed by atoms with E-state index in [9.17, 15) is 63.1 Å². The molecule has 2 fully saturated rings. The van der Waals surface area contributed by atoms with Gasteiger partial charge in [0, 0.05) is 92.8 Å². The van der Waals surface area contributed by atoms with Crippen LogP contribution in [0.1, 0.15) is 77.3 Å². The van der Waals surface area contributed by atoms with E-state index in [2.05, 4.69) is 20.6 Å². The van der Waals surface area contributed by atoms with Gasteiger partial charge in [-0.3, -0.25) is 60.4 Å². The maximum atomic E-state index is 13.5. The maximum absolute atomic E-state index is 13.5. The molecule has 0 saturated carbocycles. The molecule has 5 heterocycles. The van der Waals surface area contributed by atoms with Gasteiger partial charge in [0.2, 0.25) is 5.91 Å². The van der Waals surface area contributed by atoms with Gasteiger partial charge in [0.15, 0.2) is 5.43 Å². The Kier molecular flexibility index (Phi) is 29.1. The number of carboxylic acids is 1. The van der Waals surface area contributed by atoms with Gasteiger partial charge in [-0.1, -0.05) is 12.8 Å². The van der Waals surface area contributed by atoms with E-state index in [0.29, 0.717) is 48.7 Å². The molecule has 4 aromatic rings. The molecule has 1 aliphatic carbocycles. The summed E-state index contributed by atoms with van der Waals surface area (Å²) < 4.78 is 105. The SMILES string of the molecule is COP(=O)(OCCOCCOCCOCCOCCOCCOP(=O)(OC)O[C@@H]1C[C@H](n2cc(/C=C/C(=O)NCCCCCCNC(=O)c3ccc(C(=O)O)c(-c4c5ccc(=O)cc-5oc5cc(O)ccc45)c3)c(=O)[nH]c2=O)O[C@@H]1CO)OC[C@H]1O[C@@H](n2ccc(N)nc2=O)C[C@H]1O. The highest BCUT2D eigenvalue weighted by Gasteiger charge is 2.43. The van der Waals surface area contributed by atoms with Crippen LogP contribution < -0.4 is 38.7 Å². The number of phosphoric ester groups is 2. The number of anilines is 1. The number of carbonyl (C=O) groups excluding carboxylic acids is 2.